The summed E-state index contributed by atoms with van der Waals surface area (Å²) in [5, 5.41) is 0. The molecule has 2 fully saturated rings. The van der Waals surface area contributed by atoms with E-state index in [2.05, 4.69) is 0 Å². The van der Waals surface area contributed by atoms with E-state index in [1.165, 1.54) is 0 Å². The predicted molar refractivity (Wildman–Crippen MR) is 134 cm³/mol. The monoisotopic (exact) mass is 529 g/mol. The van der Waals surface area contributed by atoms with E-state index in [0.29, 0.717) is 145 Å². The molecule has 0 aromatic heterocycles. The lowest BCUT2D eigenvalue weighted by atomic mass is 10.4. The predicted octanol–water partition coefficient (Wildman–Crippen LogP) is 0.146. The molecule has 2 aliphatic rings. The third kappa shape index (κ3) is 26.6. The van der Waals surface area contributed by atoms with Gasteiger partial charge in [-0.3, -0.25) is 0 Å². The molecule has 2 rings (SSSR count). The van der Waals surface area contributed by atoms with Crippen molar-refractivity contribution in [3.8, 4) is 0 Å². The van der Waals surface area contributed by atoms with Crippen LogP contribution >= 0.6 is 0 Å². The first-order valence-electron chi connectivity index (χ1n) is 12.5. The molecule has 2 heterocycles. The fraction of sp³-hybridized carbons (Fsp3) is 1.00. The van der Waals surface area contributed by atoms with Gasteiger partial charge in [0.2, 0.25) is 0 Å². The van der Waals surface area contributed by atoms with E-state index < -0.39 is 0 Å². The molecule has 2 N–H and O–H groups in total. The van der Waals surface area contributed by atoms with E-state index in [1.54, 1.807) is 0 Å². The Balaban J connectivity index is 0.000000663. The maximum atomic E-state index is 5.57. The minimum Gasteiger partial charge on any atom is -0.377 e. The number of ether oxygens (including phenoxy) is 11. The third-order valence-corrected chi connectivity index (χ3v) is 4.50. The summed E-state index contributed by atoms with van der Waals surface area (Å²) in [7, 11) is 0. The Kier molecular flexibility index (Phi) is 30.3. The summed E-state index contributed by atoms with van der Waals surface area (Å²) in [4.78, 5) is 0. The maximum Gasteiger partial charge on any atom is 0.0931 e. The Hall–Kier alpha value is -0.480. The third-order valence-electron chi connectivity index (χ3n) is 4.50. The molecule has 0 amide bonds. The fourth-order valence-corrected chi connectivity index (χ4v) is 2.65. The number of hydrogen-bond donors (Lipinski definition) is 1. The van der Waals surface area contributed by atoms with Crippen LogP contribution in [0.15, 0.2) is 0 Å². The molecule has 1 atom stereocenters. The van der Waals surface area contributed by atoms with Crippen molar-refractivity contribution in [2.24, 2.45) is 5.73 Å². The Morgan fingerprint density at radius 2 is 0.583 bits per heavy atom. The average molecular weight is 530 g/mol. The molecule has 2 aliphatic heterocycles. The standard InChI is InChI=1S/C12H24O6.C11H23NO5.CH4/c1-2-14-5-6-16-9-10-18-12-11-17-8-7-15-4-3-13-1;12-9-11-10-16-6-5-14-2-1-13-3-4-15-7-8-17-11;/h1-12H2;11H,1-10,12H2;1H4. The SMILES string of the molecule is C.C1COCCOCCOCCOCCOCCO1.NCC1COCCOCCOCCOCCO1. The summed E-state index contributed by atoms with van der Waals surface area (Å²) in [5.74, 6) is 0. The van der Waals surface area contributed by atoms with Crippen molar-refractivity contribution in [1.82, 2.24) is 0 Å². The van der Waals surface area contributed by atoms with Crippen molar-refractivity contribution in [3.05, 3.63) is 0 Å². The zero-order valence-electron chi connectivity index (χ0n) is 21.2. The molecule has 0 aromatic rings. The van der Waals surface area contributed by atoms with E-state index in [0.717, 1.165) is 0 Å². The minimum absolute atomic E-state index is 0. The second kappa shape index (κ2) is 30.7. The number of hydrogen-bond acceptors (Lipinski definition) is 12. The van der Waals surface area contributed by atoms with Crippen LogP contribution < -0.4 is 5.73 Å². The molecular weight excluding hydrogens is 478 g/mol. The van der Waals surface area contributed by atoms with Gasteiger partial charge in [-0.25, -0.2) is 0 Å². The van der Waals surface area contributed by atoms with E-state index in [4.69, 9.17) is 57.8 Å². The Morgan fingerprint density at radius 3 is 0.833 bits per heavy atom. The van der Waals surface area contributed by atoms with Gasteiger partial charge in [0, 0.05) is 6.54 Å². The summed E-state index contributed by atoms with van der Waals surface area (Å²) in [6.45, 7) is 12.5. The summed E-state index contributed by atoms with van der Waals surface area (Å²) in [6.07, 6.45) is -0.0695. The van der Waals surface area contributed by atoms with Gasteiger partial charge in [-0.05, 0) is 0 Å². The van der Waals surface area contributed by atoms with E-state index >= 15 is 0 Å². The molecule has 0 aromatic carbocycles. The molecular formula is C24H51NO11. The lowest BCUT2D eigenvalue weighted by Gasteiger charge is -2.16. The van der Waals surface area contributed by atoms with E-state index in [-0.39, 0.29) is 13.5 Å². The van der Waals surface area contributed by atoms with Crippen LogP contribution in [-0.2, 0) is 52.1 Å². The van der Waals surface area contributed by atoms with E-state index in [1.807, 2.05) is 0 Å². The van der Waals surface area contributed by atoms with Crippen LogP contribution in [0.1, 0.15) is 7.43 Å². The van der Waals surface area contributed by atoms with Crippen LogP contribution in [0, 0.1) is 0 Å². The Bertz CT molecular complexity index is 319. The zero-order chi connectivity index (χ0) is 24.9. The van der Waals surface area contributed by atoms with Gasteiger partial charge in [0.25, 0.3) is 0 Å². The largest absolute Gasteiger partial charge is 0.377 e. The second-order valence-electron chi connectivity index (χ2n) is 7.31. The number of rotatable bonds is 1. The van der Waals surface area contributed by atoms with Crippen molar-refractivity contribution in [1.29, 1.82) is 0 Å². The van der Waals surface area contributed by atoms with Crippen molar-refractivity contribution < 1.29 is 52.1 Å². The number of nitrogens with two attached hydrogens (primary N) is 1. The molecule has 0 spiro atoms. The van der Waals surface area contributed by atoms with Crippen LogP contribution in [0.2, 0.25) is 0 Å². The second-order valence-corrected chi connectivity index (χ2v) is 7.31. The molecule has 218 valence electrons. The average Bonchev–Trinajstić information content (AvgIpc) is 2.89. The van der Waals surface area contributed by atoms with Gasteiger partial charge in [-0.2, -0.15) is 0 Å². The smallest absolute Gasteiger partial charge is 0.0931 e. The topological polar surface area (TPSA) is 128 Å². The van der Waals surface area contributed by atoms with Crippen LogP contribution in [0.3, 0.4) is 0 Å². The molecule has 12 heteroatoms. The summed E-state index contributed by atoms with van der Waals surface area (Å²) in [6, 6.07) is 0. The van der Waals surface area contributed by atoms with Crippen LogP contribution in [0.25, 0.3) is 0 Å². The van der Waals surface area contributed by atoms with Gasteiger partial charge >= 0.3 is 0 Å². The maximum absolute atomic E-state index is 5.57. The summed E-state index contributed by atoms with van der Waals surface area (Å²) < 4.78 is 58.8. The summed E-state index contributed by atoms with van der Waals surface area (Å²) in [5.41, 5.74) is 5.57. The zero-order valence-corrected chi connectivity index (χ0v) is 21.2. The molecule has 1 unspecified atom stereocenters. The van der Waals surface area contributed by atoms with Crippen LogP contribution in [-0.4, -0.2) is 151 Å². The van der Waals surface area contributed by atoms with Crippen LogP contribution in [0.4, 0.5) is 0 Å². The highest BCUT2D eigenvalue weighted by molar-refractivity contribution is 4.57. The molecule has 0 saturated carbocycles. The molecule has 12 nitrogen and oxygen atoms in total. The van der Waals surface area contributed by atoms with Crippen molar-refractivity contribution >= 4 is 0 Å². The highest BCUT2D eigenvalue weighted by Crippen LogP contribution is 1.93. The Morgan fingerprint density at radius 1 is 0.361 bits per heavy atom. The lowest BCUT2D eigenvalue weighted by Crippen LogP contribution is -2.30. The van der Waals surface area contributed by atoms with Gasteiger partial charge in [0.15, 0.2) is 0 Å². The van der Waals surface area contributed by atoms with Crippen molar-refractivity contribution in [2.75, 3.05) is 145 Å². The van der Waals surface area contributed by atoms with Gasteiger partial charge in [0.1, 0.15) is 0 Å². The fourth-order valence-electron chi connectivity index (χ4n) is 2.65. The van der Waals surface area contributed by atoms with Gasteiger partial charge in [-0.15, -0.1) is 0 Å². The molecule has 36 heavy (non-hydrogen) atoms. The first-order chi connectivity index (χ1) is 17.4. The first-order valence-corrected chi connectivity index (χ1v) is 12.5. The normalized spacial score (nSPS) is 24.8. The van der Waals surface area contributed by atoms with Gasteiger partial charge in [-0.1, -0.05) is 7.43 Å². The van der Waals surface area contributed by atoms with Gasteiger partial charge < -0.3 is 57.8 Å². The Labute approximate surface area is 217 Å². The first kappa shape index (κ1) is 35.5. The quantitative estimate of drug-likeness (QED) is 0.496. The molecule has 0 aliphatic carbocycles. The molecule has 2 saturated heterocycles. The van der Waals surface area contributed by atoms with E-state index in [9.17, 15) is 0 Å². The summed E-state index contributed by atoms with van der Waals surface area (Å²) >= 11 is 0. The molecule has 0 bridgehead atoms. The molecule has 0 radical (unpaired) electrons. The van der Waals surface area contributed by atoms with Crippen molar-refractivity contribution in [3.63, 3.8) is 0 Å². The van der Waals surface area contributed by atoms with Crippen LogP contribution in [0.5, 0.6) is 0 Å². The minimum atomic E-state index is -0.0695. The van der Waals surface area contributed by atoms with Gasteiger partial charge in [0.05, 0.1) is 145 Å². The highest BCUT2D eigenvalue weighted by atomic mass is 16.6. The van der Waals surface area contributed by atoms with Crippen molar-refractivity contribution in [2.45, 2.75) is 13.5 Å². The lowest BCUT2D eigenvalue weighted by molar-refractivity contribution is -0.0415. The highest BCUT2D eigenvalue weighted by Gasteiger charge is 2.07.